The summed E-state index contributed by atoms with van der Waals surface area (Å²) >= 11 is 0. The molecule has 0 atom stereocenters. The van der Waals surface area contributed by atoms with Crippen molar-refractivity contribution in [2.75, 3.05) is 7.05 Å². The van der Waals surface area contributed by atoms with Crippen molar-refractivity contribution in [3.8, 4) is 11.1 Å². The molecule has 0 bridgehead atoms. The Morgan fingerprint density at radius 3 is 2.62 bits per heavy atom. The monoisotopic (exact) mass is 339 g/mol. The molecule has 0 aliphatic carbocycles. The second-order valence-corrected chi connectivity index (χ2v) is 6.39. The molecule has 0 radical (unpaired) electrons. The van der Waals surface area contributed by atoms with Crippen LogP contribution in [0.3, 0.4) is 0 Å². The highest BCUT2D eigenvalue weighted by Crippen LogP contribution is 2.21. The lowest BCUT2D eigenvalue weighted by Gasteiger charge is -2.07. The Hall–Kier alpha value is -3.20. The summed E-state index contributed by atoms with van der Waals surface area (Å²) in [5.74, 6) is 0. The highest BCUT2D eigenvalue weighted by molar-refractivity contribution is 5.82. The predicted molar refractivity (Wildman–Crippen MR) is 109 cm³/mol. The van der Waals surface area contributed by atoms with E-state index in [2.05, 4.69) is 81.3 Å². The third-order valence-corrected chi connectivity index (χ3v) is 4.62. The maximum atomic E-state index is 4.46. The van der Waals surface area contributed by atoms with Crippen LogP contribution in [0.2, 0.25) is 0 Å². The summed E-state index contributed by atoms with van der Waals surface area (Å²) in [5, 5.41) is 0. The van der Waals surface area contributed by atoms with Crippen molar-refractivity contribution in [1.82, 2.24) is 9.55 Å². The summed E-state index contributed by atoms with van der Waals surface area (Å²) in [6, 6.07) is 25.5. The second kappa shape index (κ2) is 7.36. The van der Waals surface area contributed by atoms with Crippen LogP contribution in [0.5, 0.6) is 0 Å². The molecular formula is C23H21N3. The number of hydrogen-bond acceptors (Lipinski definition) is 2. The Balaban J connectivity index is 1.48. The molecule has 0 spiro atoms. The van der Waals surface area contributed by atoms with E-state index in [-0.39, 0.29) is 0 Å². The number of hydrogen-bond donors (Lipinski definition) is 0. The van der Waals surface area contributed by atoms with Crippen molar-refractivity contribution >= 4 is 17.2 Å². The van der Waals surface area contributed by atoms with Gasteiger partial charge in [0.15, 0.2) is 0 Å². The quantitative estimate of drug-likeness (QED) is 0.471. The molecule has 4 rings (SSSR count). The van der Waals surface area contributed by atoms with Gasteiger partial charge in [-0.25, -0.2) is 4.98 Å². The molecule has 26 heavy (non-hydrogen) atoms. The molecule has 0 aliphatic rings. The number of imidazole rings is 1. The van der Waals surface area contributed by atoms with Gasteiger partial charge in [0.1, 0.15) is 0 Å². The van der Waals surface area contributed by atoms with Crippen LogP contribution in [-0.4, -0.2) is 22.8 Å². The Morgan fingerprint density at radius 2 is 1.77 bits per heavy atom. The van der Waals surface area contributed by atoms with Crippen LogP contribution >= 0.6 is 0 Å². The summed E-state index contributed by atoms with van der Waals surface area (Å²) in [6.07, 6.45) is 4.80. The van der Waals surface area contributed by atoms with Crippen LogP contribution in [-0.2, 0) is 13.0 Å². The molecule has 3 heteroatoms. The molecular weight excluding hydrogens is 318 g/mol. The molecule has 0 N–H and O–H groups in total. The lowest BCUT2D eigenvalue weighted by molar-refractivity contribution is 0.716. The van der Waals surface area contributed by atoms with E-state index in [1.54, 1.807) is 7.05 Å². The van der Waals surface area contributed by atoms with E-state index in [0.29, 0.717) is 0 Å². The van der Waals surface area contributed by atoms with Gasteiger partial charge in [-0.3, -0.25) is 4.99 Å². The van der Waals surface area contributed by atoms with Crippen LogP contribution in [0.15, 0.2) is 84.1 Å². The summed E-state index contributed by atoms with van der Waals surface area (Å²) in [6.45, 7) is 0.933. The number of rotatable bonds is 5. The highest BCUT2D eigenvalue weighted by atomic mass is 15.0. The van der Waals surface area contributed by atoms with E-state index in [4.69, 9.17) is 0 Å². The zero-order valence-electron chi connectivity index (χ0n) is 14.8. The van der Waals surface area contributed by atoms with E-state index in [1.165, 1.54) is 22.2 Å². The molecule has 3 aromatic carbocycles. The van der Waals surface area contributed by atoms with Crippen molar-refractivity contribution in [3.63, 3.8) is 0 Å². The van der Waals surface area contributed by atoms with Gasteiger partial charge in [0, 0.05) is 19.8 Å². The Bertz CT molecular complexity index is 1040. The van der Waals surface area contributed by atoms with Gasteiger partial charge in [-0.2, -0.15) is 0 Å². The van der Waals surface area contributed by atoms with Crippen molar-refractivity contribution in [2.24, 2.45) is 4.99 Å². The Morgan fingerprint density at radius 1 is 0.923 bits per heavy atom. The molecule has 3 nitrogen and oxygen atoms in total. The van der Waals surface area contributed by atoms with Gasteiger partial charge in [0.05, 0.1) is 17.4 Å². The van der Waals surface area contributed by atoms with Crippen molar-refractivity contribution in [3.05, 3.63) is 90.3 Å². The van der Waals surface area contributed by atoms with Crippen LogP contribution in [0.1, 0.15) is 11.1 Å². The second-order valence-electron chi connectivity index (χ2n) is 6.39. The molecule has 1 heterocycles. The maximum absolute atomic E-state index is 4.46. The van der Waals surface area contributed by atoms with Gasteiger partial charge in [0.25, 0.3) is 0 Å². The lowest BCUT2D eigenvalue weighted by Crippen LogP contribution is -1.99. The number of fused-ring (bicyclic) bond motifs is 1. The minimum Gasteiger partial charge on any atom is -0.330 e. The fourth-order valence-corrected chi connectivity index (χ4v) is 3.25. The molecule has 0 amide bonds. The lowest BCUT2D eigenvalue weighted by atomic mass is 10.0. The molecule has 1 aromatic heterocycles. The van der Waals surface area contributed by atoms with Crippen molar-refractivity contribution in [2.45, 2.75) is 13.0 Å². The van der Waals surface area contributed by atoms with Crippen LogP contribution < -0.4 is 0 Å². The van der Waals surface area contributed by atoms with E-state index < -0.39 is 0 Å². The maximum Gasteiger partial charge on any atom is 0.0958 e. The molecule has 4 aromatic rings. The van der Waals surface area contributed by atoms with E-state index in [1.807, 2.05) is 18.6 Å². The molecule has 0 fully saturated rings. The van der Waals surface area contributed by atoms with Crippen molar-refractivity contribution in [1.29, 1.82) is 0 Å². The first-order chi connectivity index (χ1) is 12.8. The Labute approximate surface area is 153 Å². The van der Waals surface area contributed by atoms with E-state index >= 15 is 0 Å². The first-order valence-corrected chi connectivity index (χ1v) is 8.85. The smallest absolute Gasteiger partial charge is 0.0958 e. The normalized spacial score (nSPS) is 11.4. The minimum atomic E-state index is 0.933. The summed E-state index contributed by atoms with van der Waals surface area (Å²) in [7, 11) is 1.80. The fourth-order valence-electron chi connectivity index (χ4n) is 3.25. The summed E-state index contributed by atoms with van der Waals surface area (Å²) in [4.78, 5) is 8.55. The fraction of sp³-hybridized carbons (Fsp3) is 0.130. The third-order valence-electron chi connectivity index (χ3n) is 4.62. The first kappa shape index (κ1) is 16.3. The minimum absolute atomic E-state index is 0.933. The number of nitrogens with zero attached hydrogens (tertiary/aromatic N) is 3. The van der Waals surface area contributed by atoms with Gasteiger partial charge in [0.2, 0.25) is 0 Å². The van der Waals surface area contributed by atoms with Crippen LogP contribution in [0.25, 0.3) is 22.2 Å². The number of aliphatic imine (C=N–C) groups is 1. The Kier molecular flexibility index (Phi) is 4.61. The predicted octanol–water partition coefficient (Wildman–Crippen LogP) is 4.99. The van der Waals surface area contributed by atoms with E-state index in [9.17, 15) is 0 Å². The van der Waals surface area contributed by atoms with Gasteiger partial charge in [-0.15, -0.1) is 0 Å². The van der Waals surface area contributed by atoms with Gasteiger partial charge >= 0.3 is 0 Å². The number of para-hydroxylation sites is 2. The largest absolute Gasteiger partial charge is 0.330 e. The molecule has 0 aliphatic heterocycles. The number of benzene rings is 3. The van der Waals surface area contributed by atoms with Gasteiger partial charge < -0.3 is 4.57 Å². The van der Waals surface area contributed by atoms with Crippen molar-refractivity contribution < 1.29 is 0 Å². The molecule has 0 saturated carbocycles. The van der Waals surface area contributed by atoms with E-state index in [0.717, 1.165) is 24.0 Å². The first-order valence-electron chi connectivity index (χ1n) is 8.85. The molecule has 0 saturated heterocycles. The number of aromatic nitrogens is 2. The number of aryl methyl sites for hydroxylation is 2. The average molecular weight is 339 g/mol. The average Bonchev–Trinajstić information content (AvgIpc) is 3.10. The summed E-state index contributed by atoms with van der Waals surface area (Å²) in [5.41, 5.74) is 7.15. The third kappa shape index (κ3) is 3.42. The summed E-state index contributed by atoms with van der Waals surface area (Å²) < 4.78 is 2.22. The molecule has 0 unspecified atom stereocenters. The highest BCUT2D eigenvalue weighted by Gasteiger charge is 2.03. The topological polar surface area (TPSA) is 30.2 Å². The zero-order valence-corrected chi connectivity index (χ0v) is 14.8. The molecule has 128 valence electrons. The standard InChI is InChI=1S/C23H21N3/c1-24-16-19-5-4-6-21(15-19)20-11-9-18(10-12-20)13-14-26-17-25-22-7-2-3-8-23(22)26/h2-12,15-17H,13-14H2,1H3. The van der Waals surface area contributed by atoms with Crippen LogP contribution in [0, 0.1) is 0 Å². The van der Waals surface area contributed by atoms with Gasteiger partial charge in [-0.1, -0.05) is 54.6 Å². The SMILES string of the molecule is CN=Cc1cccc(-c2ccc(CCn3cnc4ccccc43)cc2)c1. The van der Waals surface area contributed by atoms with Crippen LogP contribution in [0.4, 0.5) is 0 Å². The zero-order chi connectivity index (χ0) is 17.8. The van der Waals surface area contributed by atoms with Gasteiger partial charge in [-0.05, 0) is 46.9 Å².